The zero-order valence-corrected chi connectivity index (χ0v) is 10.5. The lowest BCUT2D eigenvalue weighted by molar-refractivity contribution is 0.0491. The summed E-state index contributed by atoms with van der Waals surface area (Å²) in [5.41, 5.74) is 0.946. The van der Waals surface area contributed by atoms with Gasteiger partial charge < -0.3 is 9.15 Å². The SMILES string of the molecule is CCOC(=O)c1cnc(-c2ccc(C(C)=O)cn2)o1. The summed E-state index contributed by atoms with van der Waals surface area (Å²) >= 11 is 0. The highest BCUT2D eigenvalue weighted by molar-refractivity contribution is 5.93. The minimum atomic E-state index is -0.568. The number of ether oxygens (including phenoxy) is 1. The van der Waals surface area contributed by atoms with E-state index in [0.29, 0.717) is 11.3 Å². The number of aromatic nitrogens is 2. The van der Waals surface area contributed by atoms with Crippen LogP contribution in [0.1, 0.15) is 34.8 Å². The van der Waals surface area contributed by atoms with Gasteiger partial charge in [0.2, 0.25) is 11.7 Å². The summed E-state index contributed by atoms with van der Waals surface area (Å²) in [6.45, 7) is 3.43. The Labute approximate surface area is 109 Å². The predicted octanol–water partition coefficient (Wildman–Crippen LogP) is 2.12. The van der Waals surface area contributed by atoms with Crippen LogP contribution < -0.4 is 0 Å². The number of esters is 1. The van der Waals surface area contributed by atoms with Gasteiger partial charge in [-0.1, -0.05) is 0 Å². The van der Waals surface area contributed by atoms with Crippen LogP contribution in [0.5, 0.6) is 0 Å². The van der Waals surface area contributed by atoms with E-state index in [1.54, 1.807) is 19.1 Å². The summed E-state index contributed by atoms with van der Waals surface area (Å²) in [7, 11) is 0. The quantitative estimate of drug-likeness (QED) is 0.618. The van der Waals surface area contributed by atoms with Gasteiger partial charge in [-0.3, -0.25) is 9.78 Å². The molecular weight excluding hydrogens is 248 g/mol. The molecule has 6 nitrogen and oxygen atoms in total. The zero-order chi connectivity index (χ0) is 13.8. The number of carbonyl (C=O) groups is 2. The van der Waals surface area contributed by atoms with E-state index >= 15 is 0 Å². The van der Waals surface area contributed by atoms with Crippen molar-refractivity contribution in [2.24, 2.45) is 0 Å². The molecule has 0 saturated carbocycles. The smallest absolute Gasteiger partial charge is 0.375 e. The number of carbonyl (C=O) groups excluding carboxylic acids is 2. The molecule has 6 heteroatoms. The van der Waals surface area contributed by atoms with Crippen molar-refractivity contribution in [2.45, 2.75) is 13.8 Å². The second-order valence-electron chi connectivity index (χ2n) is 3.74. The van der Waals surface area contributed by atoms with E-state index in [0.717, 1.165) is 0 Å². The Bertz CT molecular complexity index is 601. The first-order valence-corrected chi connectivity index (χ1v) is 5.72. The Morgan fingerprint density at radius 1 is 1.26 bits per heavy atom. The summed E-state index contributed by atoms with van der Waals surface area (Å²) in [6.07, 6.45) is 2.72. The summed E-state index contributed by atoms with van der Waals surface area (Å²) in [6, 6.07) is 3.23. The molecule has 0 amide bonds. The first kappa shape index (κ1) is 12.9. The highest BCUT2D eigenvalue weighted by Crippen LogP contribution is 2.17. The third-order valence-corrected chi connectivity index (χ3v) is 2.37. The van der Waals surface area contributed by atoms with Crippen LogP contribution in [0.15, 0.2) is 28.9 Å². The van der Waals surface area contributed by atoms with Crippen molar-refractivity contribution in [3.63, 3.8) is 0 Å². The van der Waals surface area contributed by atoms with Crippen molar-refractivity contribution < 1.29 is 18.7 Å². The van der Waals surface area contributed by atoms with Crippen LogP contribution in [-0.4, -0.2) is 28.3 Å². The van der Waals surface area contributed by atoms with E-state index in [-0.39, 0.29) is 24.0 Å². The highest BCUT2D eigenvalue weighted by atomic mass is 16.5. The monoisotopic (exact) mass is 260 g/mol. The number of Topliss-reactive ketones (excluding diaryl/α,β-unsaturated/α-hetero) is 1. The fraction of sp³-hybridized carbons (Fsp3) is 0.231. The molecule has 0 aliphatic heterocycles. The number of pyridine rings is 1. The van der Waals surface area contributed by atoms with E-state index in [1.165, 1.54) is 19.3 Å². The summed E-state index contributed by atoms with van der Waals surface area (Å²) in [4.78, 5) is 30.5. The molecule has 19 heavy (non-hydrogen) atoms. The van der Waals surface area contributed by atoms with Crippen molar-refractivity contribution in [3.05, 3.63) is 35.9 Å². The molecule has 98 valence electrons. The molecule has 0 radical (unpaired) electrons. The molecule has 0 fully saturated rings. The van der Waals surface area contributed by atoms with Gasteiger partial charge >= 0.3 is 5.97 Å². The second kappa shape index (κ2) is 5.43. The van der Waals surface area contributed by atoms with Gasteiger partial charge in [0.15, 0.2) is 5.78 Å². The highest BCUT2D eigenvalue weighted by Gasteiger charge is 2.15. The summed E-state index contributed by atoms with van der Waals surface area (Å²) in [5.74, 6) is -0.410. The van der Waals surface area contributed by atoms with Gasteiger partial charge in [-0.15, -0.1) is 0 Å². The van der Waals surface area contributed by atoms with Crippen LogP contribution in [0.4, 0.5) is 0 Å². The Balaban J connectivity index is 2.23. The molecule has 0 atom stereocenters. The lowest BCUT2D eigenvalue weighted by Gasteiger charge is -1.98. The first-order valence-electron chi connectivity index (χ1n) is 5.72. The van der Waals surface area contributed by atoms with Gasteiger partial charge in [0.25, 0.3) is 0 Å². The third-order valence-electron chi connectivity index (χ3n) is 2.37. The first-order chi connectivity index (χ1) is 9.11. The molecule has 0 unspecified atom stereocenters. The van der Waals surface area contributed by atoms with Crippen molar-refractivity contribution in [1.29, 1.82) is 0 Å². The minimum Gasteiger partial charge on any atom is -0.460 e. The van der Waals surface area contributed by atoms with Gasteiger partial charge in [0.05, 0.1) is 12.8 Å². The van der Waals surface area contributed by atoms with Crippen LogP contribution in [0, 0.1) is 0 Å². The number of hydrogen-bond donors (Lipinski definition) is 0. The molecule has 0 aliphatic rings. The van der Waals surface area contributed by atoms with E-state index in [9.17, 15) is 9.59 Å². The fourth-order valence-electron chi connectivity index (χ4n) is 1.42. The maximum absolute atomic E-state index is 11.4. The van der Waals surface area contributed by atoms with Crippen molar-refractivity contribution in [1.82, 2.24) is 9.97 Å². The molecule has 0 saturated heterocycles. The molecular formula is C13H12N2O4. The summed E-state index contributed by atoms with van der Waals surface area (Å²) in [5, 5.41) is 0. The topological polar surface area (TPSA) is 82.3 Å². The minimum absolute atomic E-state index is 0.0225. The number of oxazole rings is 1. The fourth-order valence-corrected chi connectivity index (χ4v) is 1.42. The van der Waals surface area contributed by atoms with Crippen molar-refractivity contribution in [2.75, 3.05) is 6.61 Å². The van der Waals surface area contributed by atoms with E-state index in [1.807, 2.05) is 0 Å². The van der Waals surface area contributed by atoms with E-state index in [4.69, 9.17) is 9.15 Å². The summed E-state index contributed by atoms with van der Waals surface area (Å²) < 4.78 is 10.0. The lowest BCUT2D eigenvalue weighted by Crippen LogP contribution is -2.02. The maximum Gasteiger partial charge on any atom is 0.375 e. The van der Waals surface area contributed by atoms with Crippen LogP contribution in [0.3, 0.4) is 0 Å². The van der Waals surface area contributed by atoms with Gasteiger partial charge in [-0.05, 0) is 26.0 Å². The van der Waals surface area contributed by atoms with Gasteiger partial charge in [0.1, 0.15) is 5.69 Å². The Kier molecular flexibility index (Phi) is 3.70. The van der Waals surface area contributed by atoms with Crippen LogP contribution in [-0.2, 0) is 4.74 Å². The number of rotatable bonds is 4. The molecule has 2 aromatic rings. The molecule has 2 aromatic heterocycles. The molecule has 0 aromatic carbocycles. The van der Waals surface area contributed by atoms with Crippen LogP contribution in [0.25, 0.3) is 11.6 Å². The molecule has 0 bridgehead atoms. The Hall–Kier alpha value is -2.50. The number of ketones is 1. The van der Waals surface area contributed by atoms with Crippen LogP contribution >= 0.6 is 0 Å². The molecule has 0 spiro atoms. The molecule has 0 N–H and O–H groups in total. The predicted molar refractivity (Wildman–Crippen MR) is 65.7 cm³/mol. The average molecular weight is 260 g/mol. The standard InChI is InChI=1S/C13H12N2O4/c1-3-18-13(17)11-7-15-12(19-11)10-5-4-9(6-14-10)8(2)16/h4-7H,3H2,1-2H3. The Morgan fingerprint density at radius 2 is 2.05 bits per heavy atom. The lowest BCUT2D eigenvalue weighted by atomic mass is 10.2. The maximum atomic E-state index is 11.4. The molecule has 2 heterocycles. The third kappa shape index (κ3) is 2.85. The number of nitrogens with zero attached hydrogens (tertiary/aromatic N) is 2. The number of hydrogen-bond acceptors (Lipinski definition) is 6. The van der Waals surface area contributed by atoms with E-state index < -0.39 is 5.97 Å². The van der Waals surface area contributed by atoms with Crippen molar-refractivity contribution in [3.8, 4) is 11.6 Å². The van der Waals surface area contributed by atoms with Gasteiger partial charge in [-0.2, -0.15) is 0 Å². The molecule has 2 rings (SSSR count). The Morgan fingerprint density at radius 3 is 2.63 bits per heavy atom. The van der Waals surface area contributed by atoms with Crippen LogP contribution in [0.2, 0.25) is 0 Å². The van der Waals surface area contributed by atoms with Gasteiger partial charge in [0, 0.05) is 11.8 Å². The normalized spacial score (nSPS) is 10.2. The zero-order valence-electron chi connectivity index (χ0n) is 10.5. The van der Waals surface area contributed by atoms with E-state index in [2.05, 4.69) is 9.97 Å². The average Bonchev–Trinajstić information content (AvgIpc) is 2.89. The van der Waals surface area contributed by atoms with Gasteiger partial charge in [-0.25, -0.2) is 9.78 Å². The van der Waals surface area contributed by atoms with Crippen molar-refractivity contribution >= 4 is 11.8 Å². The second-order valence-corrected chi connectivity index (χ2v) is 3.74. The largest absolute Gasteiger partial charge is 0.460 e. The molecule has 0 aliphatic carbocycles.